The van der Waals surface area contributed by atoms with Crippen LogP contribution in [-0.2, 0) is 18.9 Å². The third kappa shape index (κ3) is 10.6. The van der Waals surface area contributed by atoms with Gasteiger partial charge in [0.15, 0.2) is 23.0 Å². The molecule has 0 spiro atoms. The monoisotopic (exact) mass is 688 g/mol. The maximum absolute atomic E-state index is 5.96. The SMILES string of the molecule is COCCOCCOc1c(OC)cc(/C=C/c2cccc3c(/C=C/c4cc(OC)c(OCCOCCOC)c(OC)c4)cccc23)cc1OC. The number of rotatable bonds is 22. The Morgan fingerprint density at radius 3 is 1.12 bits per heavy atom. The first-order valence-corrected chi connectivity index (χ1v) is 16.4. The Morgan fingerprint density at radius 1 is 0.420 bits per heavy atom. The second kappa shape index (κ2) is 20.7. The molecule has 0 N–H and O–H groups in total. The molecule has 0 atom stereocenters. The van der Waals surface area contributed by atoms with Crippen molar-refractivity contribution >= 4 is 35.1 Å². The Hall–Kier alpha value is -4.74. The third-order valence-electron chi connectivity index (χ3n) is 7.68. The summed E-state index contributed by atoms with van der Waals surface area (Å²) in [6.07, 6.45) is 8.25. The maximum Gasteiger partial charge on any atom is 0.203 e. The van der Waals surface area contributed by atoms with E-state index in [1.807, 2.05) is 36.4 Å². The first-order valence-electron chi connectivity index (χ1n) is 16.4. The normalized spacial score (nSPS) is 11.4. The van der Waals surface area contributed by atoms with Crippen molar-refractivity contribution in [1.29, 1.82) is 0 Å². The third-order valence-corrected chi connectivity index (χ3v) is 7.68. The van der Waals surface area contributed by atoms with Gasteiger partial charge in [-0.05, 0) is 57.3 Å². The van der Waals surface area contributed by atoms with Gasteiger partial charge in [0.25, 0.3) is 0 Å². The number of hydrogen-bond donors (Lipinski definition) is 0. The van der Waals surface area contributed by atoms with Gasteiger partial charge in [-0.15, -0.1) is 0 Å². The highest BCUT2D eigenvalue weighted by atomic mass is 16.6. The summed E-state index contributed by atoms with van der Waals surface area (Å²) < 4.78 is 55.6. The van der Waals surface area contributed by atoms with Crippen LogP contribution in [-0.4, -0.2) is 95.5 Å². The molecule has 4 aromatic rings. The van der Waals surface area contributed by atoms with Gasteiger partial charge in [0, 0.05) is 14.2 Å². The summed E-state index contributed by atoms with van der Waals surface area (Å²) in [4.78, 5) is 0. The van der Waals surface area contributed by atoms with Crippen LogP contribution >= 0.6 is 0 Å². The summed E-state index contributed by atoms with van der Waals surface area (Å²) in [7, 11) is 9.73. The van der Waals surface area contributed by atoms with Crippen molar-refractivity contribution in [3.05, 3.63) is 82.9 Å². The molecule has 268 valence electrons. The van der Waals surface area contributed by atoms with Crippen LogP contribution < -0.4 is 28.4 Å². The van der Waals surface area contributed by atoms with Crippen molar-refractivity contribution in [1.82, 2.24) is 0 Å². The number of hydrogen-bond acceptors (Lipinski definition) is 10. The van der Waals surface area contributed by atoms with Crippen LogP contribution in [0.5, 0.6) is 34.5 Å². The van der Waals surface area contributed by atoms with Gasteiger partial charge >= 0.3 is 0 Å². The number of ether oxygens (including phenoxy) is 10. The van der Waals surface area contributed by atoms with Gasteiger partial charge in [-0.25, -0.2) is 0 Å². The fourth-order valence-corrected chi connectivity index (χ4v) is 5.19. The zero-order valence-corrected chi connectivity index (χ0v) is 29.8. The lowest BCUT2D eigenvalue weighted by Crippen LogP contribution is -2.11. The molecule has 0 bridgehead atoms. The van der Waals surface area contributed by atoms with Crippen molar-refractivity contribution < 1.29 is 47.4 Å². The average Bonchev–Trinajstić information content (AvgIpc) is 3.15. The van der Waals surface area contributed by atoms with Crippen LogP contribution in [0.2, 0.25) is 0 Å². The van der Waals surface area contributed by atoms with Gasteiger partial charge in [0.2, 0.25) is 11.5 Å². The molecule has 10 nitrogen and oxygen atoms in total. The van der Waals surface area contributed by atoms with Gasteiger partial charge in [0.05, 0.1) is 68.1 Å². The standard InChI is InChI=1S/C40H48O10/c1-41-17-19-47-21-23-49-39-35(43-3)25-29(26-36(39)44-4)13-15-31-9-7-12-34-32(10-8-11-33(31)34)16-14-30-27-37(45-5)40(38(28-30)46-6)50-24-22-48-20-18-42-2/h7-16,25-28H,17-24H2,1-6H3/b15-13+,16-14+. The van der Waals surface area contributed by atoms with Crippen LogP contribution in [0.15, 0.2) is 60.7 Å². The lowest BCUT2D eigenvalue weighted by atomic mass is 9.98. The van der Waals surface area contributed by atoms with Crippen molar-refractivity contribution in [3.8, 4) is 34.5 Å². The molecule has 0 radical (unpaired) electrons. The molecule has 0 amide bonds. The summed E-state index contributed by atoms with van der Waals surface area (Å²) in [5, 5.41) is 2.23. The van der Waals surface area contributed by atoms with Crippen molar-refractivity contribution in [2.75, 3.05) is 95.5 Å². The first-order chi connectivity index (χ1) is 24.6. The van der Waals surface area contributed by atoms with E-state index >= 15 is 0 Å². The number of benzene rings is 4. The van der Waals surface area contributed by atoms with Gasteiger partial charge in [-0.2, -0.15) is 0 Å². The topological polar surface area (TPSA) is 92.3 Å². The second-order valence-corrected chi connectivity index (χ2v) is 10.9. The molecule has 0 unspecified atom stereocenters. The average molecular weight is 689 g/mol. The molecule has 0 aliphatic carbocycles. The maximum atomic E-state index is 5.96. The highest BCUT2D eigenvalue weighted by molar-refractivity contribution is 5.99. The minimum absolute atomic E-state index is 0.352. The largest absolute Gasteiger partial charge is 0.493 e. The fraction of sp³-hybridized carbons (Fsp3) is 0.350. The molecular formula is C40H48O10. The second-order valence-electron chi connectivity index (χ2n) is 10.9. The van der Waals surface area contributed by atoms with E-state index in [4.69, 9.17) is 47.4 Å². The fourth-order valence-electron chi connectivity index (χ4n) is 5.19. The summed E-state index contributed by atoms with van der Waals surface area (Å²) in [6.45, 7) is 3.63. The van der Waals surface area contributed by atoms with E-state index in [0.29, 0.717) is 87.4 Å². The predicted octanol–water partition coefficient (Wildman–Crippen LogP) is 7.30. The lowest BCUT2D eigenvalue weighted by Gasteiger charge is -2.15. The molecule has 0 aliphatic rings. The Morgan fingerprint density at radius 2 is 0.780 bits per heavy atom. The van der Waals surface area contributed by atoms with Gasteiger partial charge < -0.3 is 47.4 Å². The zero-order valence-electron chi connectivity index (χ0n) is 29.8. The van der Waals surface area contributed by atoms with Crippen LogP contribution in [0.3, 0.4) is 0 Å². The Kier molecular flexibility index (Phi) is 15.8. The molecule has 0 saturated heterocycles. The van der Waals surface area contributed by atoms with E-state index in [-0.39, 0.29) is 0 Å². The Bertz CT molecular complexity index is 1520. The number of fused-ring (bicyclic) bond motifs is 1. The van der Waals surface area contributed by atoms with Gasteiger partial charge in [-0.1, -0.05) is 60.7 Å². The number of methoxy groups -OCH3 is 6. The minimum atomic E-state index is 0.352. The molecule has 0 fully saturated rings. The summed E-state index contributed by atoms with van der Waals surface area (Å²) >= 11 is 0. The smallest absolute Gasteiger partial charge is 0.203 e. The molecule has 0 heterocycles. The lowest BCUT2D eigenvalue weighted by molar-refractivity contribution is 0.0535. The zero-order chi connectivity index (χ0) is 35.6. The molecule has 0 saturated carbocycles. The van der Waals surface area contributed by atoms with E-state index < -0.39 is 0 Å². The quantitative estimate of drug-likeness (QED) is 0.0619. The van der Waals surface area contributed by atoms with E-state index in [1.165, 1.54) is 0 Å². The van der Waals surface area contributed by atoms with E-state index in [2.05, 4.69) is 48.6 Å². The molecule has 0 aromatic heterocycles. The molecule has 50 heavy (non-hydrogen) atoms. The molecule has 10 heteroatoms. The van der Waals surface area contributed by atoms with Crippen LogP contribution in [0, 0.1) is 0 Å². The van der Waals surface area contributed by atoms with Gasteiger partial charge in [0.1, 0.15) is 13.2 Å². The summed E-state index contributed by atoms with van der Waals surface area (Å²) in [5.41, 5.74) is 3.95. The van der Waals surface area contributed by atoms with Crippen LogP contribution in [0.1, 0.15) is 22.3 Å². The van der Waals surface area contributed by atoms with Gasteiger partial charge in [-0.3, -0.25) is 0 Å². The first kappa shape index (κ1) is 38.1. The van der Waals surface area contributed by atoms with Crippen LogP contribution in [0.25, 0.3) is 35.1 Å². The van der Waals surface area contributed by atoms with Crippen molar-refractivity contribution in [2.45, 2.75) is 0 Å². The van der Waals surface area contributed by atoms with Crippen molar-refractivity contribution in [3.63, 3.8) is 0 Å². The van der Waals surface area contributed by atoms with E-state index in [9.17, 15) is 0 Å². The highest BCUT2D eigenvalue weighted by Crippen LogP contribution is 2.40. The molecule has 4 rings (SSSR count). The molecule has 0 aliphatic heterocycles. The Balaban J connectivity index is 1.53. The van der Waals surface area contributed by atoms with Crippen LogP contribution in [0.4, 0.5) is 0 Å². The molecule has 4 aromatic carbocycles. The summed E-state index contributed by atoms with van der Waals surface area (Å²) in [6, 6.07) is 20.3. The minimum Gasteiger partial charge on any atom is -0.493 e. The van der Waals surface area contributed by atoms with E-state index in [1.54, 1.807) is 42.7 Å². The van der Waals surface area contributed by atoms with E-state index in [0.717, 1.165) is 33.0 Å². The predicted molar refractivity (Wildman–Crippen MR) is 197 cm³/mol. The Labute approximate surface area is 295 Å². The van der Waals surface area contributed by atoms with Crippen molar-refractivity contribution in [2.24, 2.45) is 0 Å². The molecular weight excluding hydrogens is 640 g/mol. The highest BCUT2D eigenvalue weighted by Gasteiger charge is 2.15. The summed E-state index contributed by atoms with van der Waals surface area (Å²) in [5.74, 6) is 3.36.